The average molecular weight is 412 g/mol. The van der Waals surface area contributed by atoms with E-state index < -0.39 is 23.4 Å². The number of aromatic nitrogens is 1. The third-order valence-electron chi connectivity index (χ3n) is 4.57. The van der Waals surface area contributed by atoms with Gasteiger partial charge in [-0.05, 0) is 43.2 Å². The molecule has 0 atom stereocenters. The van der Waals surface area contributed by atoms with Crippen LogP contribution in [0, 0.1) is 6.92 Å². The molecular weight excluding hydrogens is 393 g/mol. The quantitative estimate of drug-likeness (QED) is 0.429. The van der Waals surface area contributed by atoms with Crippen molar-refractivity contribution >= 4 is 17.4 Å². The highest BCUT2D eigenvalue weighted by atomic mass is 19.4. The van der Waals surface area contributed by atoms with E-state index in [-0.39, 0.29) is 18.5 Å². The monoisotopic (exact) mass is 412 g/mol. The van der Waals surface area contributed by atoms with Crippen LogP contribution in [0.25, 0.3) is 0 Å². The number of amides is 1. The number of hydrogen-bond donors (Lipinski definition) is 0. The maximum atomic E-state index is 13.0. The predicted octanol–water partition coefficient (Wildman–Crippen LogP) is 4.87. The summed E-state index contributed by atoms with van der Waals surface area (Å²) in [5.41, 5.74) is 1.34. The first-order chi connectivity index (χ1) is 14.3. The van der Waals surface area contributed by atoms with Gasteiger partial charge in [0.25, 0.3) is 11.7 Å². The maximum absolute atomic E-state index is 13.0. The van der Waals surface area contributed by atoms with Gasteiger partial charge in [0.05, 0.1) is 5.56 Å². The van der Waals surface area contributed by atoms with Crippen LogP contribution in [-0.4, -0.2) is 23.2 Å². The molecule has 4 nitrogen and oxygen atoms in total. The first-order valence-corrected chi connectivity index (χ1v) is 9.26. The van der Waals surface area contributed by atoms with Gasteiger partial charge in [-0.3, -0.25) is 14.6 Å². The number of Topliss-reactive ketones (excluding diaryl/α,β-unsaturated/α-hetero) is 1. The summed E-state index contributed by atoms with van der Waals surface area (Å²) in [5.74, 6) is -1.36. The van der Waals surface area contributed by atoms with Crippen LogP contribution in [0.5, 0.6) is 0 Å². The summed E-state index contributed by atoms with van der Waals surface area (Å²) in [6.45, 7) is 1.90. The first kappa shape index (κ1) is 21.2. The number of nitrogens with zero attached hydrogens (tertiary/aromatic N) is 2. The Kier molecular flexibility index (Phi) is 6.30. The van der Waals surface area contributed by atoms with Crippen molar-refractivity contribution in [3.05, 3.63) is 95.3 Å². The van der Waals surface area contributed by atoms with E-state index in [2.05, 4.69) is 4.98 Å². The van der Waals surface area contributed by atoms with Crippen LogP contribution in [0.4, 0.5) is 18.9 Å². The third-order valence-corrected chi connectivity index (χ3v) is 4.57. The van der Waals surface area contributed by atoms with Crippen molar-refractivity contribution < 1.29 is 22.8 Å². The van der Waals surface area contributed by atoms with E-state index in [0.717, 1.165) is 12.1 Å². The number of hydrogen-bond acceptors (Lipinski definition) is 3. The first-order valence-electron chi connectivity index (χ1n) is 9.26. The average Bonchev–Trinajstić information content (AvgIpc) is 2.73. The zero-order chi connectivity index (χ0) is 21.7. The second-order valence-corrected chi connectivity index (χ2v) is 6.75. The molecule has 154 valence electrons. The van der Waals surface area contributed by atoms with Crippen molar-refractivity contribution in [2.45, 2.75) is 19.5 Å². The number of aryl methyl sites for hydroxylation is 1. The van der Waals surface area contributed by atoms with Crippen molar-refractivity contribution in [3.63, 3.8) is 0 Å². The number of benzene rings is 2. The molecule has 3 aromatic rings. The largest absolute Gasteiger partial charge is 0.416 e. The van der Waals surface area contributed by atoms with Gasteiger partial charge in [0.2, 0.25) is 0 Å². The van der Waals surface area contributed by atoms with Gasteiger partial charge in [-0.2, -0.15) is 13.2 Å². The summed E-state index contributed by atoms with van der Waals surface area (Å²) in [7, 11) is 0. The van der Waals surface area contributed by atoms with E-state index in [9.17, 15) is 22.8 Å². The van der Waals surface area contributed by atoms with E-state index in [0.29, 0.717) is 16.9 Å². The number of rotatable bonds is 6. The molecule has 0 saturated carbocycles. The van der Waals surface area contributed by atoms with E-state index in [1.165, 1.54) is 23.2 Å². The van der Waals surface area contributed by atoms with Crippen molar-refractivity contribution in [1.82, 2.24) is 4.98 Å². The molecule has 2 aromatic carbocycles. The van der Waals surface area contributed by atoms with Crippen LogP contribution in [0.2, 0.25) is 0 Å². The number of anilines is 1. The normalized spacial score (nSPS) is 11.2. The lowest BCUT2D eigenvalue weighted by Gasteiger charge is -2.22. The van der Waals surface area contributed by atoms with E-state index >= 15 is 0 Å². The number of alkyl halides is 3. The Bertz CT molecular complexity index is 1030. The van der Waals surface area contributed by atoms with Gasteiger partial charge >= 0.3 is 6.18 Å². The van der Waals surface area contributed by atoms with Crippen LogP contribution in [-0.2, 0) is 17.4 Å². The maximum Gasteiger partial charge on any atom is 0.416 e. The molecule has 30 heavy (non-hydrogen) atoms. The number of pyridine rings is 1. The molecular formula is C23H19F3N2O2. The highest BCUT2D eigenvalue weighted by Gasteiger charge is 2.30. The number of carbonyl (C=O) groups is 2. The second kappa shape index (κ2) is 8.90. The highest BCUT2D eigenvalue weighted by Crippen LogP contribution is 2.29. The summed E-state index contributed by atoms with van der Waals surface area (Å²) in [4.78, 5) is 31.1. The van der Waals surface area contributed by atoms with Gasteiger partial charge in [0.1, 0.15) is 0 Å². The van der Waals surface area contributed by atoms with E-state index in [1.807, 2.05) is 0 Å². The molecule has 0 saturated heterocycles. The molecule has 0 aliphatic carbocycles. The van der Waals surface area contributed by atoms with E-state index in [1.54, 1.807) is 49.4 Å². The number of ketones is 1. The number of halogens is 3. The van der Waals surface area contributed by atoms with E-state index in [4.69, 9.17) is 0 Å². The van der Waals surface area contributed by atoms with Gasteiger partial charge in [-0.25, -0.2) is 0 Å². The predicted molar refractivity (Wildman–Crippen MR) is 107 cm³/mol. The Morgan fingerprint density at radius 3 is 2.23 bits per heavy atom. The second-order valence-electron chi connectivity index (χ2n) is 6.75. The molecule has 0 spiro atoms. The minimum Gasteiger partial charge on any atom is -0.305 e. The molecule has 0 N–H and O–H groups in total. The molecule has 1 heterocycles. The molecule has 0 aliphatic rings. The molecule has 0 aliphatic heterocycles. The molecule has 7 heteroatoms. The van der Waals surface area contributed by atoms with Crippen molar-refractivity contribution in [1.29, 1.82) is 0 Å². The summed E-state index contributed by atoms with van der Waals surface area (Å²) in [6.07, 6.45) is -2.58. The summed E-state index contributed by atoms with van der Waals surface area (Å²) in [6, 6.07) is 16.3. The van der Waals surface area contributed by atoms with Crippen molar-refractivity contribution in [2.24, 2.45) is 0 Å². The van der Waals surface area contributed by atoms with Crippen LogP contribution in [0.1, 0.15) is 27.2 Å². The summed E-state index contributed by atoms with van der Waals surface area (Å²) < 4.78 is 38.3. The Morgan fingerprint density at radius 2 is 1.63 bits per heavy atom. The molecule has 0 bridgehead atoms. The molecule has 3 rings (SSSR count). The van der Waals surface area contributed by atoms with Gasteiger partial charge in [0.15, 0.2) is 0 Å². The van der Waals surface area contributed by atoms with Crippen LogP contribution in [0.15, 0.2) is 72.9 Å². The van der Waals surface area contributed by atoms with Crippen molar-refractivity contribution in [3.8, 4) is 0 Å². The molecule has 0 radical (unpaired) electrons. The van der Waals surface area contributed by atoms with Gasteiger partial charge in [-0.1, -0.05) is 42.5 Å². The molecule has 0 fully saturated rings. The standard InChI is InChI=1S/C23H19F3N2O2/c1-16-15-20(11-13-27-16)28(22(30)21(29)18-5-3-2-4-6-18)14-12-17-7-9-19(10-8-17)23(24,25)26/h2-11,13,15H,12,14H2,1H3. The Hall–Kier alpha value is -3.48. The zero-order valence-corrected chi connectivity index (χ0v) is 16.2. The van der Waals surface area contributed by atoms with Gasteiger partial charge in [0, 0.05) is 29.7 Å². The van der Waals surface area contributed by atoms with Crippen molar-refractivity contribution in [2.75, 3.05) is 11.4 Å². The zero-order valence-electron chi connectivity index (χ0n) is 16.2. The Balaban J connectivity index is 1.83. The van der Waals surface area contributed by atoms with Gasteiger partial charge in [-0.15, -0.1) is 0 Å². The minimum atomic E-state index is -4.41. The minimum absolute atomic E-state index is 0.131. The fourth-order valence-corrected chi connectivity index (χ4v) is 2.98. The Labute approximate surface area is 172 Å². The fraction of sp³-hybridized carbons (Fsp3) is 0.174. The summed E-state index contributed by atoms with van der Waals surface area (Å²) >= 11 is 0. The summed E-state index contributed by atoms with van der Waals surface area (Å²) in [5, 5.41) is 0. The lowest BCUT2D eigenvalue weighted by atomic mass is 10.1. The van der Waals surface area contributed by atoms with Crippen LogP contribution >= 0.6 is 0 Å². The Morgan fingerprint density at radius 1 is 0.967 bits per heavy atom. The third kappa shape index (κ3) is 5.11. The highest BCUT2D eigenvalue weighted by molar-refractivity contribution is 6.47. The SMILES string of the molecule is Cc1cc(N(CCc2ccc(C(F)(F)F)cc2)C(=O)C(=O)c2ccccc2)ccn1. The lowest BCUT2D eigenvalue weighted by molar-refractivity contribution is -0.137. The fourth-order valence-electron chi connectivity index (χ4n) is 2.98. The number of carbonyl (C=O) groups excluding carboxylic acids is 2. The molecule has 1 amide bonds. The van der Waals surface area contributed by atoms with Gasteiger partial charge < -0.3 is 4.90 Å². The van der Waals surface area contributed by atoms with Crippen LogP contribution < -0.4 is 4.90 Å². The molecule has 0 unspecified atom stereocenters. The molecule has 1 aromatic heterocycles. The van der Waals surface area contributed by atoms with Crippen LogP contribution in [0.3, 0.4) is 0 Å². The lowest BCUT2D eigenvalue weighted by Crippen LogP contribution is -2.38. The smallest absolute Gasteiger partial charge is 0.305 e. The topological polar surface area (TPSA) is 50.3 Å².